The van der Waals surface area contributed by atoms with Crippen molar-refractivity contribution in [3.8, 4) is 22.8 Å². The number of aryl methyl sites for hydroxylation is 2. The van der Waals surface area contributed by atoms with Crippen molar-refractivity contribution in [2.24, 2.45) is 0 Å². The van der Waals surface area contributed by atoms with Crippen LogP contribution in [0, 0.1) is 13.8 Å². The van der Waals surface area contributed by atoms with E-state index in [0.29, 0.717) is 36.0 Å². The van der Waals surface area contributed by atoms with E-state index >= 15 is 0 Å². The number of anilines is 1. The van der Waals surface area contributed by atoms with Crippen molar-refractivity contribution in [2.45, 2.75) is 13.8 Å². The average Bonchev–Trinajstić information content (AvgIpc) is 2.78. The molecular weight excluding hydrogens is 388 g/mol. The molecule has 3 aromatic carbocycles. The predicted octanol–water partition coefficient (Wildman–Crippen LogP) is 5.54. The number of aromatic nitrogens is 1. The summed E-state index contributed by atoms with van der Waals surface area (Å²) in [5.41, 5.74) is 6.14. The number of nitrogens with one attached hydrogen (secondary N) is 1. The number of ether oxygens (including phenoxy) is 2. The van der Waals surface area contributed by atoms with E-state index in [1.54, 1.807) is 6.07 Å². The zero-order valence-corrected chi connectivity index (χ0v) is 17.4. The molecule has 0 atom stereocenters. The van der Waals surface area contributed by atoms with E-state index in [-0.39, 0.29) is 5.91 Å². The fourth-order valence-electron chi connectivity index (χ4n) is 3.92. The van der Waals surface area contributed by atoms with Gasteiger partial charge in [-0.15, -0.1) is 0 Å². The summed E-state index contributed by atoms with van der Waals surface area (Å²) in [6.07, 6.45) is 0. The highest BCUT2D eigenvalue weighted by molar-refractivity contribution is 6.13. The van der Waals surface area contributed by atoms with E-state index < -0.39 is 0 Å². The quantitative estimate of drug-likeness (QED) is 0.482. The number of amides is 1. The molecule has 0 unspecified atom stereocenters. The Morgan fingerprint density at radius 2 is 1.71 bits per heavy atom. The second-order valence-corrected chi connectivity index (χ2v) is 7.70. The van der Waals surface area contributed by atoms with E-state index in [1.807, 2.05) is 42.5 Å². The maximum atomic E-state index is 13.3. The Balaban J connectivity index is 1.56. The summed E-state index contributed by atoms with van der Waals surface area (Å²) in [7, 11) is 0. The van der Waals surface area contributed by atoms with Gasteiger partial charge in [0.05, 0.1) is 16.8 Å². The number of carbonyl (C=O) groups is 1. The van der Waals surface area contributed by atoms with Crippen molar-refractivity contribution in [1.29, 1.82) is 0 Å². The Morgan fingerprint density at radius 3 is 2.55 bits per heavy atom. The molecule has 1 aliphatic rings. The van der Waals surface area contributed by atoms with Crippen LogP contribution in [-0.4, -0.2) is 24.1 Å². The van der Waals surface area contributed by atoms with Gasteiger partial charge in [0.1, 0.15) is 13.2 Å². The molecule has 0 bridgehead atoms. The second-order valence-electron chi connectivity index (χ2n) is 7.70. The van der Waals surface area contributed by atoms with E-state index in [4.69, 9.17) is 14.5 Å². The van der Waals surface area contributed by atoms with Gasteiger partial charge in [0, 0.05) is 22.7 Å². The molecule has 5 nitrogen and oxygen atoms in total. The van der Waals surface area contributed by atoms with Gasteiger partial charge in [-0.1, -0.05) is 42.0 Å². The van der Waals surface area contributed by atoms with Gasteiger partial charge in [-0.05, 0) is 43.7 Å². The molecule has 0 saturated carbocycles. The summed E-state index contributed by atoms with van der Waals surface area (Å²) >= 11 is 0. The van der Waals surface area contributed by atoms with Crippen LogP contribution in [0.25, 0.3) is 22.2 Å². The number of nitrogens with zero attached hydrogens (tertiary/aromatic N) is 1. The lowest BCUT2D eigenvalue weighted by atomic mass is 9.99. The number of hydrogen-bond donors (Lipinski definition) is 1. The van der Waals surface area contributed by atoms with Crippen molar-refractivity contribution >= 4 is 22.5 Å². The van der Waals surface area contributed by atoms with Crippen LogP contribution in [-0.2, 0) is 0 Å². The minimum atomic E-state index is -0.193. The molecule has 1 N–H and O–H groups in total. The molecule has 0 aliphatic carbocycles. The summed E-state index contributed by atoms with van der Waals surface area (Å²) in [6, 6.07) is 21.3. The molecule has 0 spiro atoms. The third kappa shape index (κ3) is 3.70. The smallest absolute Gasteiger partial charge is 0.256 e. The summed E-state index contributed by atoms with van der Waals surface area (Å²) < 4.78 is 11.2. The molecule has 5 rings (SSSR count). The van der Waals surface area contributed by atoms with Gasteiger partial charge in [0.2, 0.25) is 0 Å². The molecule has 154 valence electrons. The van der Waals surface area contributed by atoms with E-state index in [2.05, 4.69) is 37.4 Å². The summed E-state index contributed by atoms with van der Waals surface area (Å²) in [6.45, 7) is 5.16. The number of pyridine rings is 1. The Labute approximate surface area is 180 Å². The minimum absolute atomic E-state index is 0.193. The SMILES string of the molecule is Cc1ccc(-c2cc(C(=O)Nc3ccc4c(c3)OCCO4)c3ccccc3n2)c(C)c1. The average molecular weight is 410 g/mol. The fourth-order valence-corrected chi connectivity index (χ4v) is 3.92. The Hall–Kier alpha value is -3.86. The number of rotatable bonds is 3. The highest BCUT2D eigenvalue weighted by Crippen LogP contribution is 2.33. The Bertz CT molecular complexity index is 1310. The first-order valence-electron chi connectivity index (χ1n) is 10.3. The summed E-state index contributed by atoms with van der Waals surface area (Å²) in [5.74, 6) is 1.14. The van der Waals surface area contributed by atoms with Crippen molar-refractivity contribution in [3.63, 3.8) is 0 Å². The maximum absolute atomic E-state index is 13.3. The molecule has 1 aromatic heterocycles. The van der Waals surface area contributed by atoms with Gasteiger partial charge < -0.3 is 14.8 Å². The van der Waals surface area contributed by atoms with Crippen LogP contribution in [0.4, 0.5) is 5.69 Å². The topological polar surface area (TPSA) is 60.5 Å². The van der Waals surface area contributed by atoms with Gasteiger partial charge in [-0.3, -0.25) is 4.79 Å². The number of para-hydroxylation sites is 1. The molecular formula is C26H22N2O3. The highest BCUT2D eigenvalue weighted by Gasteiger charge is 2.17. The normalized spacial score (nSPS) is 12.6. The van der Waals surface area contributed by atoms with E-state index in [9.17, 15) is 4.79 Å². The third-order valence-corrected chi connectivity index (χ3v) is 5.42. The number of benzene rings is 3. The zero-order chi connectivity index (χ0) is 21.4. The third-order valence-electron chi connectivity index (χ3n) is 5.42. The zero-order valence-electron chi connectivity index (χ0n) is 17.4. The standard InChI is InChI=1S/C26H22N2O3/c1-16-7-9-19(17(2)13-16)23-15-21(20-5-3-4-6-22(20)28-23)26(29)27-18-8-10-24-25(14-18)31-12-11-30-24/h3-10,13-15H,11-12H2,1-2H3,(H,27,29). The summed E-state index contributed by atoms with van der Waals surface area (Å²) in [5, 5.41) is 3.81. The van der Waals surface area contributed by atoms with Crippen molar-refractivity contribution in [3.05, 3.63) is 83.4 Å². The molecule has 1 amide bonds. The van der Waals surface area contributed by atoms with Gasteiger partial charge in [-0.25, -0.2) is 4.98 Å². The molecule has 4 aromatic rings. The van der Waals surface area contributed by atoms with E-state index in [0.717, 1.165) is 27.7 Å². The van der Waals surface area contributed by atoms with Crippen molar-refractivity contribution in [1.82, 2.24) is 4.98 Å². The van der Waals surface area contributed by atoms with Crippen LogP contribution < -0.4 is 14.8 Å². The molecule has 0 radical (unpaired) electrons. The van der Waals surface area contributed by atoms with Crippen LogP contribution >= 0.6 is 0 Å². The van der Waals surface area contributed by atoms with Crippen molar-refractivity contribution in [2.75, 3.05) is 18.5 Å². The lowest BCUT2D eigenvalue weighted by molar-refractivity contribution is 0.102. The van der Waals surface area contributed by atoms with Gasteiger partial charge in [0.25, 0.3) is 5.91 Å². The fraction of sp³-hybridized carbons (Fsp3) is 0.154. The van der Waals surface area contributed by atoms with Crippen molar-refractivity contribution < 1.29 is 14.3 Å². The number of carbonyl (C=O) groups excluding carboxylic acids is 1. The maximum Gasteiger partial charge on any atom is 0.256 e. The van der Waals surface area contributed by atoms with Gasteiger partial charge in [0.15, 0.2) is 11.5 Å². The predicted molar refractivity (Wildman–Crippen MR) is 122 cm³/mol. The van der Waals surface area contributed by atoms with E-state index in [1.165, 1.54) is 5.56 Å². The molecule has 31 heavy (non-hydrogen) atoms. The first-order chi connectivity index (χ1) is 15.1. The molecule has 1 aliphatic heterocycles. The molecule has 2 heterocycles. The molecule has 5 heteroatoms. The Morgan fingerprint density at radius 1 is 0.903 bits per heavy atom. The monoisotopic (exact) mass is 410 g/mol. The first-order valence-corrected chi connectivity index (χ1v) is 10.3. The van der Waals surface area contributed by atoms with Crippen LogP contribution in [0.1, 0.15) is 21.5 Å². The van der Waals surface area contributed by atoms with Crippen LogP contribution in [0.2, 0.25) is 0 Å². The molecule has 0 fully saturated rings. The minimum Gasteiger partial charge on any atom is -0.486 e. The second kappa shape index (κ2) is 7.76. The largest absolute Gasteiger partial charge is 0.486 e. The van der Waals surface area contributed by atoms with Crippen LogP contribution in [0.3, 0.4) is 0 Å². The number of hydrogen-bond acceptors (Lipinski definition) is 4. The van der Waals surface area contributed by atoms with Gasteiger partial charge in [-0.2, -0.15) is 0 Å². The molecule has 0 saturated heterocycles. The number of fused-ring (bicyclic) bond motifs is 2. The lowest BCUT2D eigenvalue weighted by Gasteiger charge is -2.19. The van der Waals surface area contributed by atoms with Crippen LogP contribution in [0.5, 0.6) is 11.5 Å². The highest BCUT2D eigenvalue weighted by atomic mass is 16.6. The lowest BCUT2D eigenvalue weighted by Crippen LogP contribution is -2.16. The Kier molecular flexibility index (Phi) is 4.79. The first kappa shape index (κ1) is 19.1. The van der Waals surface area contributed by atoms with Crippen LogP contribution in [0.15, 0.2) is 66.7 Å². The summed E-state index contributed by atoms with van der Waals surface area (Å²) in [4.78, 5) is 18.1. The van der Waals surface area contributed by atoms with Gasteiger partial charge >= 0.3 is 0 Å².